The number of nitrogen functional groups attached to an aromatic ring is 1. The molecule has 0 aromatic carbocycles. The van der Waals surface area contributed by atoms with Crippen molar-refractivity contribution in [1.29, 1.82) is 0 Å². The summed E-state index contributed by atoms with van der Waals surface area (Å²) >= 11 is 3.44. The fourth-order valence-corrected chi connectivity index (χ4v) is 2.41. The van der Waals surface area contributed by atoms with Gasteiger partial charge in [0, 0.05) is 24.2 Å². The van der Waals surface area contributed by atoms with E-state index in [4.69, 9.17) is 5.73 Å². The Morgan fingerprint density at radius 3 is 2.71 bits per heavy atom. The molecule has 2 N–H and O–H groups in total. The lowest BCUT2D eigenvalue weighted by Gasteiger charge is -2.02. The van der Waals surface area contributed by atoms with Crippen molar-refractivity contribution in [3.8, 4) is 11.4 Å². The number of imidazole rings is 1. The van der Waals surface area contributed by atoms with Crippen LogP contribution in [0.5, 0.6) is 0 Å². The Kier molecular flexibility index (Phi) is 2.33. The zero-order valence-electron chi connectivity index (χ0n) is 8.84. The van der Waals surface area contributed by atoms with Gasteiger partial charge >= 0.3 is 0 Å². The highest BCUT2D eigenvalue weighted by molar-refractivity contribution is 9.10. The number of anilines is 1. The summed E-state index contributed by atoms with van der Waals surface area (Å²) < 4.78 is 2.72. The van der Waals surface area contributed by atoms with Crippen LogP contribution in [0.15, 0.2) is 47.5 Å². The van der Waals surface area contributed by atoms with Crippen molar-refractivity contribution in [2.24, 2.45) is 0 Å². The van der Waals surface area contributed by atoms with Gasteiger partial charge in [-0.15, -0.1) is 0 Å². The minimum atomic E-state index is 0.701. The highest BCUT2D eigenvalue weighted by Gasteiger charge is 2.12. The van der Waals surface area contributed by atoms with Crippen LogP contribution >= 0.6 is 15.9 Å². The summed E-state index contributed by atoms with van der Waals surface area (Å²) in [5.74, 6) is 0.849. The van der Waals surface area contributed by atoms with Gasteiger partial charge in [-0.3, -0.25) is 9.38 Å². The van der Waals surface area contributed by atoms with E-state index in [1.165, 1.54) is 0 Å². The molecule has 0 aliphatic rings. The van der Waals surface area contributed by atoms with E-state index in [1.54, 1.807) is 12.4 Å². The summed E-state index contributed by atoms with van der Waals surface area (Å²) in [6.07, 6.45) is 5.44. The summed E-state index contributed by atoms with van der Waals surface area (Å²) in [5, 5.41) is 0. The van der Waals surface area contributed by atoms with E-state index in [0.29, 0.717) is 5.69 Å². The first-order valence-corrected chi connectivity index (χ1v) is 5.89. The van der Waals surface area contributed by atoms with Crippen LogP contribution in [-0.4, -0.2) is 14.4 Å². The SMILES string of the molecule is Nc1cccn2c(-c3ccncc3)nc(Br)c12. The number of rotatable bonds is 1. The van der Waals surface area contributed by atoms with Gasteiger partial charge < -0.3 is 5.73 Å². The Balaban J connectivity index is 2.36. The highest BCUT2D eigenvalue weighted by atomic mass is 79.9. The maximum Gasteiger partial charge on any atom is 0.146 e. The molecule has 0 saturated heterocycles. The van der Waals surface area contributed by atoms with Gasteiger partial charge in [-0.05, 0) is 40.2 Å². The predicted molar refractivity (Wildman–Crippen MR) is 70.5 cm³/mol. The lowest BCUT2D eigenvalue weighted by Crippen LogP contribution is -1.93. The van der Waals surface area contributed by atoms with Crippen LogP contribution in [0.4, 0.5) is 5.69 Å². The molecule has 5 heteroatoms. The van der Waals surface area contributed by atoms with E-state index < -0.39 is 0 Å². The number of nitrogens with zero attached hydrogens (tertiary/aromatic N) is 3. The molecule has 0 unspecified atom stereocenters. The molecule has 0 spiro atoms. The average Bonchev–Trinajstić information content (AvgIpc) is 2.69. The molecule has 3 aromatic heterocycles. The minimum absolute atomic E-state index is 0.701. The summed E-state index contributed by atoms with van der Waals surface area (Å²) in [5.41, 5.74) is 8.54. The van der Waals surface area contributed by atoms with E-state index in [1.807, 2.05) is 34.9 Å². The van der Waals surface area contributed by atoms with Gasteiger partial charge in [0.2, 0.25) is 0 Å². The summed E-state index contributed by atoms with van der Waals surface area (Å²) in [6, 6.07) is 7.61. The van der Waals surface area contributed by atoms with Crippen LogP contribution in [0.25, 0.3) is 16.9 Å². The molecule has 0 atom stereocenters. The lowest BCUT2D eigenvalue weighted by molar-refractivity contribution is 1.16. The molecule has 3 rings (SSSR count). The summed E-state index contributed by atoms with van der Waals surface area (Å²) in [6.45, 7) is 0. The maximum absolute atomic E-state index is 5.95. The largest absolute Gasteiger partial charge is 0.397 e. The third-order valence-electron chi connectivity index (χ3n) is 2.59. The van der Waals surface area contributed by atoms with Gasteiger partial charge in [0.1, 0.15) is 15.9 Å². The van der Waals surface area contributed by atoms with Crippen LogP contribution in [0.2, 0.25) is 0 Å². The molecule has 0 radical (unpaired) electrons. The molecule has 0 amide bonds. The Hall–Kier alpha value is -1.88. The van der Waals surface area contributed by atoms with Crippen LogP contribution in [0.3, 0.4) is 0 Å². The Bertz CT molecular complexity index is 676. The summed E-state index contributed by atoms with van der Waals surface area (Å²) in [7, 11) is 0. The number of halogens is 1. The second-order valence-corrected chi connectivity index (χ2v) is 4.40. The molecule has 17 heavy (non-hydrogen) atoms. The zero-order chi connectivity index (χ0) is 11.8. The normalized spacial score (nSPS) is 10.9. The number of aromatic nitrogens is 3. The van der Waals surface area contributed by atoms with E-state index in [-0.39, 0.29) is 0 Å². The van der Waals surface area contributed by atoms with Gasteiger partial charge in [0.25, 0.3) is 0 Å². The standard InChI is InChI=1S/C12H9BrN4/c13-11-10-9(14)2-1-7-17(10)12(16-11)8-3-5-15-6-4-8/h1-7H,14H2. The molecule has 0 bridgehead atoms. The van der Waals surface area contributed by atoms with E-state index in [9.17, 15) is 0 Å². The third-order valence-corrected chi connectivity index (χ3v) is 3.14. The molecule has 3 heterocycles. The first-order chi connectivity index (χ1) is 8.27. The molecule has 0 aliphatic carbocycles. The first kappa shape index (κ1) is 10.3. The monoisotopic (exact) mass is 288 g/mol. The second-order valence-electron chi connectivity index (χ2n) is 3.64. The van der Waals surface area contributed by atoms with Crippen molar-refractivity contribution >= 4 is 27.1 Å². The van der Waals surface area contributed by atoms with Gasteiger partial charge in [-0.1, -0.05) is 0 Å². The second kappa shape index (κ2) is 3.85. The Morgan fingerprint density at radius 2 is 1.94 bits per heavy atom. The van der Waals surface area contributed by atoms with Gasteiger partial charge in [0.05, 0.1) is 5.69 Å². The third kappa shape index (κ3) is 1.59. The molecule has 0 saturated carbocycles. The molecule has 3 aromatic rings. The zero-order valence-corrected chi connectivity index (χ0v) is 10.4. The highest BCUT2D eigenvalue weighted by Crippen LogP contribution is 2.28. The van der Waals surface area contributed by atoms with Crippen molar-refractivity contribution < 1.29 is 0 Å². The number of pyridine rings is 2. The quantitative estimate of drug-likeness (QED) is 0.749. The van der Waals surface area contributed by atoms with Crippen molar-refractivity contribution in [2.45, 2.75) is 0 Å². The van der Waals surface area contributed by atoms with Crippen LogP contribution in [0.1, 0.15) is 0 Å². The van der Waals surface area contributed by atoms with Gasteiger partial charge in [-0.25, -0.2) is 4.98 Å². The molecule has 0 aliphatic heterocycles. The molecule has 0 fully saturated rings. The Morgan fingerprint density at radius 1 is 1.18 bits per heavy atom. The van der Waals surface area contributed by atoms with Gasteiger partial charge in [0.15, 0.2) is 0 Å². The minimum Gasteiger partial charge on any atom is -0.397 e. The van der Waals surface area contributed by atoms with Crippen molar-refractivity contribution in [1.82, 2.24) is 14.4 Å². The smallest absolute Gasteiger partial charge is 0.146 e. The molecular weight excluding hydrogens is 280 g/mol. The fourth-order valence-electron chi connectivity index (χ4n) is 1.82. The Labute approximate surface area is 106 Å². The van der Waals surface area contributed by atoms with Crippen LogP contribution in [-0.2, 0) is 0 Å². The van der Waals surface area contributed by atoms with E-state index in [2.05, 4.69) is 25.9 Å². The van der Waals surface area contributed by atoms with Gasteiger partial charge in [-0.2, -0.15) is 0 Å². The number of hydrogen-bond donors (Lipinski definition) is 1. The fraction of sp³-hybridized carbons (Fsp3) is 0. The average molecular weight is 289 g/mol. The van der Waals surface area contributed by atoms with Crippen molar-refractivity contribution in [3.05, 3.63) is 47.5 Å². The van der Waals surface area contributed by atoms with Crippen molar-refractivity contribution in [2.75, 3.05) is 5.73 Å². The van der Waals surface area contributed by atoms with Crippen molar-refractivity contribution in [3.63, 3.8) is 0 Å². The molecule has 84 valence electrons. The molecule has 4 nitrogen and oxygen atoms in total. The molecular formula is C12H9BrN4. The van der Waals surface area contributed by atoms with Crippen LogP contribution < -0.4 is 5.73 Å². The number of fused-ring (bicyclic) bond motifs is 1. The summed E-state index contributed by atoms with van der Waals surface area (Å²) in [4.78, 5) is 8.49. The topological polar surface area (TPSA) is 56.2 Å². The maximum atomic E-state index is 5.95. The predicted octanol–water partition coefficient (Wildman–Crippen LogP) is 2.74. The van der Waals surface area contributed by atoms with Crippen LogP contribution in [0, 0.1) is 0 Å². The number of nitrogens with two attached hydrogens (primary N) is 1. The lowest BCUT2D eigenvalue weighted by atomic mass is 10.2. The number of hydrogen-bond acceptors (Lipinski definition) is 3. The van der Waals surface area contributed by atoms with E-state index >= 15 is 0 Å². The van der Waals surface area contributed by atoms with E-state index in [0.717, 1.165) is 21.5 Å². The first-order valence-electron chi connectivity index (χ1n) is 5.10.